The van der Waals surface area contributed by atoms with E-state index in [1.54, 1.807) is 18.1 Å². The highest BCUT2D eigenvalue weighted by molar-refractivity contribution is 5.74. The Morgan fingerprint density at radius 2 is 2.10 bits per heavy atom. The summed E-state index contributed by atoms with van der Waals surface area (Å²) in [7, 11) is 1.86. The van der Waals surface area contributed by atoms with Crippen LogP contribution in [0.2, 0.25) is 0 Å². The minimum absolute atomic E-state index is 0.0695. The zero-order valence-corrected chi connectivity index (χ0v) is 11.7. The molecule has 2 heterocycles. The van der Waals surface area contributed by atoms with E-state index in [0.29, 0.717) is 0 Å². The molecule has 4 nitrogen and oxygen atoms in total. The molecule has 1 amide bonds. The standard InChI is InChI=1S/C16H18N2O2/c1-11(19)18(2)15-10-14(16-8-5-9-20-16)17-13-7-4-3-6-12(13)15/h3-9,14-15,17H,10H2,1-2H3/t14-,15-/m0/s1. The topological polar surface area (TPSA) is 45.5 Å². The summed E-state index contributed by atoms with van der Waals surface area (Å²) in [5.41, 5.74) is 2.23. The third-order valence-corrected chi connectivity index (χ3v) is 3.96. The van der Waals surface area contributed by atoms with Crippen LogP contribution < -0.4 is 5.32 Å². The second-order valence-corrected chi connectivity index (χ2v) is 5.18. The lowest BCUT2D eigenvalue weighted by atomic mass is 9.91. The molecule has 1 aromatic heterocycles. The summed E-state index contributed by atoms with van der Waals surface area (Å²) >= 11 is 0. The van der Waals surface area contributed by atoms with E-state index in [4.69, 9.17) is 4.42 Å². The number of hydrogen-bond donors (Lipinski definition) is 1. The van der Waals surface area contributed by atoms with Crippen molar-refractivity contribution in [2.24, 2.45) is 0 Å². The predicted octanol–water partition coefficient (Wildman–Crippen LogP) is 3.36. The molecule has 0 aliphatic carbocycles. The molecule has 4 heteroatoms. The number of hydrogen-bond acceptors (Lipinski definition) is 3. The Balaban J connectivity index is 1.98. The monoisotopic (exact) mass is 270 g/mol. The molecular formula is C16H18N2O2. The largest absolute Gasteiger partial charge is 0.467 e. The summed E-state index contributed by atoms with van der Waals surface area (Å²) in [4.78, 5) is 13.5. The molecule has 0 fully saturated rings. The Morgan fingerprint density at radius 3 is 2.80 bits per heavy atom. The van der Waals surface area contributed by atoms with E-state index in [1.165, 1.54) is 0 Å². The van der Waals surface area contributed by atoms with Crippen molar-refractivity contribution in [3.05, 3.63) is 54.0 Å². The summed E-state index contributed by atoms with van der Waals surface area (Å²) in [6.45, 7) is 1.60. The number of rotatable bonds is 2. The molecule has 3 rings (SSSR count). The number of amides is 1. The smallest absolute Gasteiger partial charge is 0.219 e. The maximum absolute atomic E-state index is 11.7. The second kappa shape index (κ2) is 5.04. The van der Waals surface area contributed by atoms with Gasteiger partial charge in [0.2, 0.25) is 5.91 Å². The Bertz CT molecular complexity index is 607. The van der Waals surface area contributed by atoms with Gasteiger partial charge in [-0.2, -0.15) is 0 Å². The number of furan rings is 1. The number of carbonyl (C=O) groups excluding carboxylic acids is 1. The number of nitrogens with one attached hydrogen (secondary N) is 1. The molecule has 104 valence electrons. The van der Waals surface area contributed by atoms with Gasteiger partial charge in [-0.1, -0.05) is 18.2 Å². The van der Waals surface area contributed by atoms with E-state index >= 15 is 0 Å². The molecule has 1 aliphatic heterocycles. The molecule has 20 heavy (non-hydrogen) atoms. The quantitative estimate of drug-likeness (QED) is 0.910. The number of anilines is 1. The fourth-order valence-electron chi connectivity index (χ4n) is 2.78. The van der Waals surface area contributed by atoms with E-state index < -0.39 is 0 Å². The number of benzene rings is 1. The van der Waals surface area contributed by atoms with Crippen LogP contribution in [0.5, 0.6) is 0 Å². The molecule has 0 radical (unpaired) electrons. The molecule has 1 aromatic carbocycles. The average molecular weight is 270 g/mol. The lowest BCUT2D eigenvalue weighted by Gasteiger charge is -2.37. The number of carbonyl (C=O) groups is 1. The summed E-state index contributed by atoms with van der Waals surface area (Å²) in [5.74, 6) is 0.978. The van der Waals surface area contributed by atoms with Gasteiger partial charge >= 0.3 is 0 Å². The van der Waals surface area contributed by atoms with Crippen molar-refractivity contribution in [3.63, 3.8) is 0 Å². The Hall–Kier alpha value is -2.23. The maximum atomic E-state index is 11.7. The van der Waals surface area contributed by atoms with Gasteiger partial charge in [0.25, 0.3) is 0 Å². The van der Waals surface area contributed by atoms with E-state index in [1.807, 2.05) is 37.4 Å². The average Bonchev–Trinajstić information content (AvgIpc) is 2.99. The molecule has 0 bridgehead atoms. The van der Waals surface area contributed by atoms with E-state index in [9.17, 15) is 4.79 Å². The van der Waals surface area contributed by atoms with E-state index in [-0.39, 0.29) is 18.0 Å². The first kappa shape index (κ1) is 12.8. The molecule has 1 aliphatic rings. The Morgan fingerprint density at radius 1 is 1.30 bits per heavy atom. The van der Waals surface area contributed by atoms with Gasteiger partial charge < -0.3 is 14.6 Å². The van der Waals surface area contributed by atoms with Crippen molar-refractivity contribution in [1.29, 1.82) is 0 Å². The minimum Gasteiger partial charge on any atom is -0.467 e. The van der Waals surface area contributed by atoms with Gasteiger partial charge in [0.15, 0.2) is 0 Å². The highest BCUT2D eigenvalue weighted by Crippen LogP contribution is 2.41. The molecule has 0 spiro atoms. The molecule has 0 saturated carbocycles. The molecule has 0 saturated heterocycles. The van der Waals surface area contributed by atoms with Crippen LogP contribution in [0.4, 0.5) is 5.69 Å². The van der Waals surface area contributed by atoms with E-state index in [0.717, 1.165) is 23.4 Å². The van der Waals surface area contributed by atoms with Crippen LogP contribution in [-0.4, -0.2) is 17.9 Å². The lowest BCUT2D eigenvalue weighted by Crippen LogP contribution is -2.34. The third-order valence-electron chi connectivity index (χ3n) is 3.96. The molecule has 0 unspecified atom stereocenters. The fourth-order valence-corrected chi connectivity index (χ4v) is 2.78. The molecule has 2 aromatic rings. The Kier molecular flexibility index (Phi) is 3.22. The van der Waals surface area contributed by atoms with Crippen molar-refractivity contribution >= 4 is 11.6 Å². The van der Waals surface area contributed by atoms with Crippen LogP contribution in [0.15, 0.2) is 47.1 Å². The highest BCUT2D eigenvalue weighted by Gasteiger charge is 2.31. The summed E-state index contributed by atoms with van der Waals surface area (Å²) < 4.78 is 5.51. The van der Waals surface area contributed by atoms with Gasteiger partial charge in [0.1, 0.15) is 5.76 Å². The van der Waals surface area contributed by atoms with Crippen LogP contribution in [0.25, 0.3) is 0 Å². The fraction of sp³-hybridized carbons (Fsp3) is 0.312. The molecule has 2 atom stereocenters. The van der Waals surface area contributed by atoms with Gasteiger partial charge in [-0.3, -0.25) is 4.79 Å². The summed E-state index contributed by atoms with van der Waals surface area (Å²) in [6.07, 6.45) is 2.49. The first-order valence-electron chi connectivity index (χ1n) is 6.79. The van der Waals surface area contributed by atoms with Crippen molar-refractivity contribution in [2.45, 2.75) is 25.4 Å². The van der Waals surface area contributed by atoms with E-state index in [2.05, 4.69) is 11.4 Å². The van der Waals surface area contributed by atoms with Crippen LogP contribution in [0, 0.1) is 0 Å². The van der Waals surface area contributed by atoms with Crippen molar-refractivity contribution in [1.82, 2.24) is 4.90 Å². The van der Waals surface area contributed by atoms with Crippen LogP contribution in [0.3, 0.4) is 0 Å². The van der Waals surface area contributed by atoms with Crippen molar-refractivity contribution in [3.8, 4) is 0 Å². The highest BCUT2D eigenvalue weighted by atomic mass is 16.3. The molecular weight excluding hydrogens is 252 g/mol. The van der Waals surface area contributed by atoms with Crippen LogP contribution in [-0.2, 0) is 4.79 Å². The van der Waals surface area contributed by atoms with Gasteiger partial charge in [-0.15, -0.1) is 0 Å². The van der Waals surface area contributed by atoms with Crippen LogP contribution in [0.1, 0.15) is 36.8 Å². The molecule has 1 N–H and O–H groups in total. The third kappa shape index (κ3) is 2.18. The number of nitrogens with zero attached hydrogens (tertiary/aromatic N) is 1. The van der Waals surface area contributed by atoms with Gasteiger partial charge in [0, 0.05) is 19.7 Å². The first-order valence-corrected chi connectivity index (χ1v) is 6.79. The normalized spacial score (nSPS) is 20.9. The maximum Gasteiger partial charge on any atom is 0.219 e. The van der Waals surface area contributed by atoms with Crippen molar-refractivity contribution in [2.75, 3.05) is 12.4 Å². The number of fused-ring (bicyclic) bond motifs is 1. The summed E-state index contributed by atoms with van der Waals surface area (Å²) in [5, 5.41) is 3.49. The first-order chi connectivity index (χ1) is 9.66. The number of para-hydroxylation sites is 1. The van der Waals surface area contributed by atoms with Gasteiger partial charge in [0.05, 0.1) is 18.3 Å². The summed E-state index contributed by atoms with van der Waals surface area (Å²) in [6, 6.07) is 12.1. The lowest BCUT2D eigenvalue weighted by molar-refractivity contribution is -0.130. The van der Waals surface area contributed by atoms with Crippen molar-refractivity contribution < 1.29 is 9.21 Å². The van der Waals surface area contributed by atoms with Gasteiger partial charge in [-0.25, -0.2) is 0 Å². The zero-order chi connectivity index (χ0) is 14.1. The van der Waals surface area contributed by atoms with Gasteiger partial charge in [-0.05, 0) is 30.2 Å². The second-order valence-electron chi connectivity index (χ2n) is 5.18. The van der Waals surface area contributed by atoms with Crippen LogP contribution >= 0.6 is 0 Å². The SMILES string of the molecule is CC(=O)N(C)[C@H]1C[C@@H](c2ccco2)Nc2ccccc21. The Labute approximate surface area is 118 Å². The minimum atomic E-state index is 0.0695. The predicted molar refractivity (Wildman–Crippen MR) is 77.3 cm³/mol. The zero-order valence-electron chi connectivity index (χ0n) is 11.7.